The molecule has 1 aliphatic carbocycles. The summed E-state index contributed by atoms with van der Waals surface area (Å²) in [7, 11) is 0. The Morgan fingerprint density at radius 1 is 1.37 bits per heavy atom. The first kappa shape index (κ1) is 14.0. The molecule has 0 aromatic carbocycles. The lowest BCUT2D eigenvalue weighted by Gasteiger charge is -2.27. The SMILES string of the molecule is NC1CCCCC1CC(=O)NCCc1ccccn1. The number of nitrogens with one attached hydrogen (secondary N) is 1. The summed E-state index contributed by atoms with van der Waals surface area (Å²) in [5.74, 6) is 0.488. The van der Waals surface area contributed by atoms with E-state index in [1.165, 1.54) is 12.8 Å². The predicted molar refractivity (Wildman–Crippen MR) is 75.5 cm³/mol. The molecule has 1 aromatic heterocycles. The van der Waals surface area contributed by atoms with E-state index < -0.39 is 0 Å². The normalized spacial score (nSPS) is 23.0. The van der Waals surface area contributed by atoms with Gasteiger partial charge in [0, 0.05) is 37.3 Å². The number of hydrogen-bond donors (Lipinski definition) is 2. The van der Waals surface area contributed by atoms with Crippen molar-refractivity contribution < 1.29 is 4.79 Å². The number of aromatic nitrogens is 1. The Balaban J connectivity index is 1.67. The summed E-state index contributed by atoms with van der Waals surface area (Å²) in [6.07, 6.45) is 7.70. The van der Waals surface area contributed by atoms with Crippen LogP contribution in [0.2, 0.25) is 0 Å². The average Bonchev–Trinajstić information content (AvgIpc) is 2.43. The Labute approximate surface area is 114 Å². The maximum Gasteiger partial charge on any atom is 0.220 e. The first-order valence-corrected chi connectivity index (χ1v) is 7.18. The number of amides is 1. The Bertz CT molecular complexity index is 394. The minimum Gasteiger partial charge on any atom is -0.356 e. The highest BCUT2D eigenvalue weighted by atomic mass is 16.1. The van der Waals surface area contributed by atoms with E-state index in [-0.39, 0.29) is 11.9 Å². The van der Waals surface area contributed by atoms with Crippen LogP contribution in [0.4, 0.5) is 0 Å². The highest BCUT2D eigenvalue weighted by Crippen LogP contribution is 2.25. The Kier molecular flexibility index (Phi) is 5.33. The lowest BCUT2D eigenvalue weighted by Crippen LogP contribution is -2.37. The van der Waals surface area contributed by atoms with Crippen LogP contribution in [0.25, 0.3) is 0 Å². The molecule has 104 valence electrons. The smallest absolute Gasteiger partial charge is 0.220 e. The molecule has 4 heteroatoms. The van der Waals surface area contributed by atoms with Crippen LogP contribution in [-0.2, 0) is 11.2 Å². The van der Waals surface area contributed by atoms with Crippen molar-refractivity contribution in [1.82, 2.24) is 10.3 Å². The fourth-order valence-corrected chi connectivity index (χ4v) is 2.68. The maximum atomic E-state index is 11.9. The molecule has 1 amide bonds. The van der Waals surface area contributed by atoms with Crippen LogP contribution < -0.4 is 11.1 Å². The van der Waals surface area contributed by atoms with Gasteiger partial charge in [-0.1, -0.05) is 18.9 Å². The summed E-state index contributed by atoms with van der Waals surface area (Å²) in [5.41, 5.74) is 7.07. The van der Waals surface area contributed by atoms with Gasteiger partial charge in [0.25, 0.3) is 0 Å². The second-order valence-electron chi connectivity index (χ2n) is 5.33. The summed E-state index contributed by atoms with van der Waals surface area (Å²) < 4.78 is 0. The van der Waals surface area contributed by atoms with E-state index >= 15 is 0 Å². The molecule has 2 rings (SSSR count). The van der Waals surface area contributed by atoms with E-state index in [9.17, 15) is 4.79 Å². The summed E-state index contributed by atoms with van der Waals surface area (Å²) in [5, 5.41) is 2.96. The Morgan fingerprint density at radius 2 is 2.21 bits per heavy atom. The molecule has 4 nitrogen and oxygen atoms in total. The van der Waals surface area contributed by atoms with Crippen molar-refractivity contribution in [2.75, 3.05) is 6.54 Å². The molecule has 0 saturated heterocycles. The zero-order valence-corrected chi connectivity index (χ0v) is 11.3. The van der Waals surface area contributed by atoms with Crippen LogP contribution in [-0.4, -0.2) is 23.5 Å². The molecule has 2 unspecified atom stereocenters. The highest BCUT2D eigenvalue weighted by Gasteiger charge is 2.23. The van der Waals surface area contributed by atoms with Crippen LogP contribution in [0.5, 0.6) is 0 Å². The first-order chi connectivity index (χ1) is 9.25. The molecule has 0 bridgehead atoms. The van der Waals surface area contributed by atoms with E-state index in [1.54, 1.807) is 6.20 Å². The standard InChI is InChI=1S/C15H23N3O/c16-14-7-2-1-5-12(14)11-15(19)18-10-8-13-6-3-4-9-17-13/h3-4,6,9,12,14H,1-2,5,7-8,10-11,16H2,(H,18,19). The second-order valence-corrected chi connectivity index (χ2v) is 5.33. The maximum absolute atomic E-state index is 11.9. The van der Waals surface area contributed by atoms with Crippen LogP contribution in [0.1, 0.15) is 37.8 Å². The van der Waals surface area contributed by atoms with Gasteiger partial charge in [-0.25, -0.2) is 0 Å². The lowest BCUT2D eigenvalue weighted by atomic mass is 9.83. The van der Waals surface area contributed by atoms with E-state index in [4.69, 9.17) is 5.73 Å². The number of rotatable bonds is 5. The van der Waals surface area contributed by atoms with Gasteiger partial charge in [-0.15, -0.1) is 0 Å². The second kappa shape index (κ2) is 7.24. The number of carbonyl (C=O) groups excluding carboxylic acids is 1. The van der Waals surface area contributed by atoms with E-state index in [1.807, 2.05) is 18.2 Å². The molecule has 3 N–H and O–H groups in total. The first-order valence-electron chi connectivity index (χ1n) is 7.18. The molecule has 19 heavy (non-hydrogen) atoms. The van der Waals surface area contributed by atoms with Gasteiger partial charge in [0.15, 0.2) is 0 Å². The molecule has 0 radical (unpaired) electrons. The third-order valence-electron chi connectivity index (χ3n) is 3.84. The summed E-state index contributed by atoms with van der Waals surface area (Å²) in [6.45, 7) is 0.651. The number of nitrogens with zero attached hydrogens (tertiary/aromatic N) is 1. The highest BCUT2D eigenvalue weighted by molar-refractivity contribution is 5.76. The minimum atomic E-state index is 0.123. The van der Waals surface area contributed by atoms with Gasteiger partial charge in [-0.2, -0.15) is 0 Å². The summed E-state index contributed by atoms with van der Waals surface area (Å²) in [6, 6.07) is 6.04. The van der Waals surface area contributed by atoms with Gasteiger partial charge in [0.1, 0.15) is 0 Å². The fourth-order valence-electron chi connectivity index (χ4n) is 2.68. The van der Waals surface area contributed by atoms with Crippen LogP contribution in [0.15, 0.2) is 24.4 Å². The number of carbonyl (C=O) groups is 1. The average molecular weight is 261 g/mol. The summed E-state index contributed by atoms with van der Waals surface area (Å²) >= 11 is 0. The molecule has 1 heterocycles. The van der Waals surface area contributed by atoms with Crippen molar-refractivity contribution in [3.05, 3.63) is 30.1 Å². The Hall–Kier alpha value is -1.42. The Morgan fingerprint density at radius 3 is 2.95 bits per heavy atom. The quantitative estimate of drug-likeness (QED) is 0.847. The molecular weight excluding hydrogens is 238 g/mol. The van der Waals surface area contributed by atoms with E-state index in [2.05, 4.69) is 10.3 Å². The lowest BCUT2D eigenvalue weighted by molar-refractivity contribution is -0.122. The zero-order chi connectivity index (χ0) is 13.5. The third-order valence-corrected chi connectivity index (χ3v) is 3.84. The number of hydrogen-bond acceptors (Lipinski definition) is 3. The van der Waals surface area contributed by atoms with Crippen molar-refractivity contribution in [2.45, 2.75) is 44.6 Å². The molecule has 2 atom stereocenters. The number of pyridine rings is 1. The van der Waals surface area contributed by atoms with Crippen LogP contribution >= 0.6 is 0 Å². The molecule has 1 saturated carbocycles. The third kappa shape index (κ3) is 4.63. The predicted octanol–water partition coefficient (Wildman–Crippen LogP) is 1.65. The molecule has 0 aliphatic heterocycles. The zero-order valence-electron chi connectivity index (χ0n) is 11.3. The van der Waals surface area contributed by atoms with Gasteiger partial charge in [-0.3, -0.25) is 9.78 Å². The van der Waals surface area contributed by atoms with Gasteiger partial charge in [0.2, 0.25) is 5.91 Å². The molecule has 1 aromatic rings. The molecule has 1 fully saturated rings. The van der Waals surface area contributed by atoms with Crippen molar-refractivity contribution in [1.29, 1.82) is 0 Å². The van der Waals surface area contributed by atoms with Gasteiger partial charge in [-0.05, 0) is 30.9 Å². The molecule has 0 spiro atoms. The van der Waals surface area contributed by atoms with E-state index in [0.717, 1.165) is 25.0 Å². The van der Waals surface area contributed by atoms with Crippen LogP contribution in [0, 0.1) is 5.92 Å². The van der Waals surface area contributed by atoms with E-state index in [0.29, 0.717) is 18.9 Å². The number of nitrogens with two attached hydrogens (primary N) is 1. The largest absolute Gasteiger partial charge is 0.356 e. The van der Waals surface area contributed by atoms with Gasteiger partial charge in [0.05, 0.1) is 0 Å². The molecular formula is C15H23N3O. The van der Waals surface area contributed by atoms with Crippen molar-refractivity contribution in [3.8, 4) is 0 Å². The fraction of sp³-hybridized carbons (Fsp3) is 0.600. The minimum absolute atomic E-state index is 0.123. The van der Waals surface area contributed by atoms with Gasteiger partial charge < -0.3 is 11.1 Å². The molecule has 1 aliphatic rings. The van der Waals surface area contributed by atoms with Crippen molar-refractivity contribution in [2.24, 2.45) is 11.7 Å². The van der Waals surface area contributed by atoms with Gasteiger partial charge >= 0.3 is 0 Å². The summed E-state index contributed by atoms with van der Waals surface area (Å²) in [4.78, 5) is 16.1. The van der Waals surface area contributed by atoms with Crippen molar-refractivity contribution in [3.63, 3.8) is 0 Å². The topological polar surface area (TPSA) is 68.0 Å². The monoisotopic (exact) mass is 261 g/mol. The van der Waals surface area contributed by atoms with Crippen LogP contribution in [0.3, 0.4) is 0 Å². The van der Waals surface area contributed by atoms with Crippen molar-refractivity contribution >= 4 is 5.91 Å².